The second-order valence-electron chi connectivity index (χ2n) is 7.05. The first-order valence-electron chi connectivity index (χ1n) is 9.91. The second-order valence-corrected chi connectivity index (χ2v) is 7.05. The van der Waals surface area contributed by atoms with Gasteiger partial charge in [0, 0.05) is 6.08 Å². The first-order valence-corrected chi connectivity index (χ1v) is 9.91. The van der Waals surface area contributed by atoms with Gasteiger partial charge in [-0.1, -0.05) is 6.58 Å². The molecule has 0 heterocycles. The van der Waals surface area contributed by atoms with Crippen molar-refractivity contribution in [2.45, 2.75) is 38.5 Å². The Bertz CT molecular complexity index is 760. The molecule has 0 amide bonds. The Morgan fingerprint density at radius 2 is 1.50 bits per heavy atom. The summed E-state index contributed by atoms with van der Waals surface area (Å²) in [5, 5.41) is 9.02. The number of rotatable bonds is 10. The Balaban J connectivity index is 1.70. The Hall–Kier alpha value is -3.16. The lowest BCUT2D eigenvalue weighted by molar-refractivity contribution is -0.146. The normalized spacial score (nSPS) is 18.1. The Kier molecular flexibility index (Phi) is 9.05. The van der Waals surface area contributed by atoms with Crippen LogP contribution in [0.25, 0.3) is 0 Å². The summed E-state index contributed by atoms with van der Waals surface area (Å²) >= 11 is 0. The maximum atomic E-state index is 12.3. The number of aliphatic carboxylic acids is 1. The number of carboxylic acid groups (broad SMARTS) is 1. The van der Waals surface area contributed by atoms with Gasteiger partial charge in [-0.15, -0.1) is 0 Å². The maximum absolute atomic E-state index is 12.3. The Morgan fingerprint density at radius 1 is 0.933 bits per heavy atom. The number of carboxylic acids is 1. The minimum Gasteiger partial charge on any atom is -0.481 e. The van der Waals surface area contributed by atoms with Gasteiger partial charge in [-0.25, -0.2) is 9.59 Å². The molecule has 162 valence electrons. The molecule has 0 radical (unpaired) electrons. The predicted octanol–water partition coefficient (Wildman–Crippen LogP) is 3.15. The van der Waals surface area contributed by atoms with Crippen LogP contribution in [-0.2, 0) is 23.9 Å². The quantitative estimate of drug-likeness (QED) is 0.267. The SMILES string of the molecule is C=CC(=O)OCCCCOC(=O)c1ccc(OC(=O)C2CCC(C(=O)O)CC2)cc1. The van der Waals surface area contributed by atoms with Crippen molar-refractivity contribution >= 4 is 23.9 Å². The van der Waals surface area contributed by atoms with E-state index in [9.17, 15) is 19.2 Å². The van der Waals surface area contributed by atoms with E-state index in [2.05, 4.69) is 6.58 Å². The number of ether oxygens (including phenoxy) is 3. The van der Waals surface area contributed by atoms with E-state index in [0.717, 1.165) is 6.08 Å². The molecule has 1 aromatic carbocycles. The Labute approximate surface area is 174 Å². The number of hydrogen-bond acceptors (Lipinski definition) is 7. The number of benzene rings is 1. The van der Waals surface area contributed by atoms with Crippen molar-refractivity contribution < 1.29 is 38.5 Å². The molecule has 0 atom stereocenters. The Morgan fingerprint density at radius 3 is 2.07 bits per heavy atom. The van der Waals surface area contributed by atoms with Crippen LogP contribution in [0.4, 0.5) is 0 Å². The van der Waals surface area contributed by atoms with E-state index in [4.69, 9.17) is 19.3 Å². The smallest absolute Gasteiger partial charge is 0.338 e. The van der Waals surface area contributed by atoms with Crippen LogP contribution in [0, 0.1) is 11.8 Å². The first kappa shape index (κ1) is 23.1. The summed E-state index contributed by atoms with van der Waals surface area (Å²) in [5.74, 6) is -2.56. The number of hydrogen-bond donors (Lipinski definition) is 1. The molecule has 0 bridgehead atoms. The van der Waals surface area contributed by atoms with Crippen molar-refractivity contribution in [1.82, 2.24) is 0 Å². The minimum atomic E-state index is -0.819. The lowest BCUT2D eigenvalue weighted by Crippen LogP contribution is -2.28. The summed E-state index contributed by atoms with van der Waals surface area (Å²) in [4.78, 5) is 46.1. The summed E-state index contributed by atoms with van der Waals surface area (Å²) in [6.07, 6.45) is 4.13. The van der Waals surface area contributed by atoms with Gasteiger partial charge in [0.1, 0.15) is 5.75 Å². The van der Waals surface area contributed by atoms with Crippen molar-refractivity contribution in [2.75, 3.05) is 13.2 Å². The summed E-state index contributed by atoms with van der Waals surface area (Å²) in [6, 6.07) is 6.06. The van der Waals surface area contributed by atoms with Gasteiger partial charge in [-0.05, 0) is 62.8 Å². The number of esters is 3. The molecule has 1 aromatic rings. The van der Waals surface area contributed by atoms with Gasteiger partial charge >= 0.3 is 23.9 Å². The largest absolute Gasteiger partial charge is 0.481 e. The average molecular weight is 418 g/mol. The van der Waals surface area contributed by atoms with Crippen LogP contribution in [0.1, 0.15) is 48.9 Å². The molecule has 0 saturated heterocycles. The van der Waals surface area contributed by atoms with E-state index in [-0.39, 0.29) is 31.0 Å². The molecule has 1 fully saturated rings. The topological polar surface area (TPSA) is 116 Å². The molecule has 1 aliphatic rings. The van der Waals surface area contributed by atoms with Gasteiger partial charge in [-0.2, -0.15) is 0 Å². The van der Waals surface area contributed by atoms with Crippen molar-refractivity contribution in [2.24, 2.45) is 11.8 Å². The van der Waals surface area contributed by atoms with Gasteiger partial charge in [-0.3, -0.25) is 9.59 Å². The molecule has 1 saturated carbocycles. The number of carbonyl (C=O) groups excluding carboxylic acids is 3. The third kappa shape index (κ3) is 7.35. The third-order valence-corrected chi connectivity index (χ3v) is 4.90. The molecule has 30 heavy (non-hydrogen) atoms. The van der Waals surface area contributed by atoms with Crippen LogP contribution >= 0.6 is 0 Å². The predicted molar refractivity (Wildman–Crippen MR) is 106 cm³/mol. The molecule has 0 unspecified atom stereocenters. The molecular weight excluding hydrogens is 392 g/mol. The fourth-order valence-electron chi connectivity index (χ4n) is 3.12. The lowest BCUT2D eigenvalue weighted by atomic mass is 9.82. The molecule has 8 nitrogen and oxygen atoms in total. The third-order valence-electron chi connectivity index (χ3n) is 4.90. The second kappa shape index (κ2) is 11.7. The van der Waals surface area contributed by atoms with Crippen LogP contribution in [0.5, 0.6) is 5.75 Å². The van der Waals surface area contributed by atoms with Crippen LogP contribution in [0.2, 0.25) is 0 Å². The molecule has 0 aliphatic heterocycles. The minimum absolute atomic E-state index is 0.195. The standard InChI is InChI=1S/C22H26O8/c1-2-19(23)28-13-3-4-14-29-21(26)16-9-11-18(12-10-16)30-22(27)17-7-5-15(6-8-17)20(24)25/h2,9-12,15,17H,1,3-8,13-14H2,(H,24,25). The van der Waals surface area contributed by atoms with Gasteiger partial charge in [0.25, 0.3) is 0 Å². The highest BCUT2D eigenvalue weighted by molar-refractivity contribution is 5.89. The van der Waals surface area contributed by atoms with Crippen LogP contribution in [-0.4, -0.2) is 42.2 Å². The highest BCUT2D eigenvalue weighted by Crippen LogP contribution is 2.30. The van der Waals surface area contributed by atoms with E-state index in [1.807, 2.05) is 0 Å². The highest BCUT2D eigenvalue weighted by atomic mass is 16.5. The van der Waals surface area contributed by atoms with Crippen molar-refractivity contribution in [3.05, 3.63) is 42.5 Å². The van der Waals surface area contributed by atoms with Crippen LogP contribution in [0.3, 0.4) is 0 Å². The summed E-state index contributed by atoms with van der Waals surface area (Å²) in [7, 11) is 0. The van der Waals surface area contributed by atoms with Crippen LogP contribution in [0.15, 0.2) is 36.9 Å². The van der Waals surface area contributed by atoms with E-state index < -0.39 is 17.9 Å². The highest BCUT2D eigenvalue weighted by Gasteiger charge is 2.30. The van der Waals surface area contributed by atoms with E-state index in [1.165, 1.54) is 24.3 Å². The maximum Gasteiger partial charge on any atom is 0.338 e. The van der Waals surface area contributed by atoms with Gasteiger partial charge < -0.3 is 19.3 Å². The molecule has 2 rings (SSSR count). The zero-order valence-electron chi connectivity index (χ0n) is 16.7. The van der Waals surface area contributed by atoms with E-state index >= 15 is 0 Å². The van der Waals surface area contributed by atoms with Gasteiger partial charge in [0.2, 0.25) is 0 Å². The summed E-state index contributed by atoms with van der Waals surface area (Å²) in [6.45, 7) is 3.73. The number of carbonyl (C=O) groups is 4. The van der Waals surface area contributed by atoms with E-state index in [0.29, 0.717) is 49.8 Å². The van der Waals surface area contributed by atoms with Crippen molar-refractivity contribution in [3.63, 3.8) is 0 Å². The molecule has 0 spiro atoms. The molecule has 8 heteroatoms. The van der Waals surface area contributed by atoms with Gasteiger partial charge in [0.15, 0.2) is 0 Å². The molecule has 1 N–H and O–H groups in total. The first-order chi connectivity index (χ1) is 14.4. The summed E-state index contributed by atoms with van der Waals surface area (Å²) in [5.41, 5.74) is 0.329. The zero-order valence-corrected chi connectivity index (χ0v) is 16.7. The van der Waals surface area contributed by atoms with Crippen molar-refractivity contribution in [3.8, 4) is 5.75 Å². The fourth-order valence-corrected chi connectivity index (χ4v) is 3.12. The average Bonchev–Trinajstić information content (AvgIpc) is 2.76. The van der Waals surface area contributed by atoms with E-state index in [1.54, 1.807) is 0 Å². The number of unbranched alkanes of at least 4 members (excludes halogenated alkanes) is 1. The van der Waals surface area contributed by atoms with Crippen LogP contribution < -0.4 is 4.74 Å². The molecule has 0 aromatic heterocycles. The lowest BCUT2D eigenvalue weighted by Gasteiger charge is -2.24. The van der Waals surface area contributed by atoms with Gasteiger partial charge in [0.05, 0.1) is 30.6 Å². The zero-order chi connectivity index (χ0) is 21.9. The van der Waals surface area contributed by atoms with Crippen molar-refractivity contribution in [1.29, 1.82) is 0 Å². The monoisotopic (exact) mass is 418 g/mol. The molecule has 1 aliphatic carbocycles. The fraction of sp³-hybridized carbons (Fsp3) is 0.455. The molecular formula is C22H26O8. The summed E-state index contributed by atoms with van der Waals surface area (Å²) < 4.78 is 15.3.